The van der Waals surface area contributed by atoms with Crippen molar-refractivity contribution in [3.05, 3.63) is 29.3 Å². The Balaban J connectivity index is 2.21. The highest BCUT2D eigenvalue weighted by atomic mass is 16.6. The molecule has 2 rings (SSSR count). The molecule has 5 heteroatoms. The molecular formula is C13H14BNO3. The normalized spacial score (nSPS) is 14.6. The Morgan fingerprint density at radius 1 is 1.39 bits per heavy atom. The lowest BCUT2D eigenvalue weighted by Crippen LogP contribution is -2.36. The monoisotopic (exact) mass is 243 g/mol. The lowest BCUT2D eigenvalue weighted by Gasteiger charge is -2.23. The van der Waals surface area contributed by atoms with E-state index in [9.17, 15) is 9.59 Å². The van der Waals surface area contributed by atoms with Gasteiger partial charge in [-0.3, -0.25) is 4.79 Å². The summed E-state index contributed by atoms with van der Waals surface area (Å²) in [5.74, 6) is -0.334. The minimum atomic E-state index is -0.623. The Labute approximate surface area is 107 Å². The maximum absolute atomic E-state index is 12.0. The fourth-order valence-corrected chi connectivity index (χ4v) is 1.81. The summed E-state index contributed by atoms with van der Waals surface area (Å²) in [5, 5.41) is 0. The first-order valence-electron chi connectivity index (χ1n) is 5.71. The van der Waals surface area contributed by atoms with Crippen LogP contribution in [0, 0.1) is 0 Å². The van der Waals surface area contributed by atoms with Gasteiger partial charge >= 0.3 is 6.09 Å². The zero-order valence-electron chi connectivity index (χ0n) is 10.7. The van der Waals surface area contributed by atoms with Crippen molar-refractivity contribution < 1.29 is 14.3 Å². The van der Waals surface area contributed by atoms with E-state index in [0.717, 1.165) is 10.5 Å². The molecule has 0 aliphatic carbocycles. The van der Waals surface area contributed by atoms with Crippen LogP contribution in [-0.4, -0.2) is 30.3 Å². The molecule has 0 unspecified atom stereocenters. The molecule has 1 aliphatic heterocycles. The molecule has 1 aliphatic rings. The van der Waals surface area contributed by atoms with Crippen LogP contribution in [0.1, 0.15) is 36.7 Å². The number of benzene rings is 1. The van der Waals surface area contributed by atoms with Gasteiger partial charge in [-0.1, -0.05) is 17.6 Å². The smallest absolute Gasteiger partial charge is 0.417 e. The number of carbonyl (C=O) groups is 2. The van der Waals surface area contributed by atoms with Crippen molar-refractivity contribution in [2.75, 3.05) is 0 Å². The quantitative estimate of drug-likeness (QED) is 0.646. The summed E-state index contributed by atoms with van der Waals surface area (Å²) in [7, 11) is 5.65. The summed E-state index contributed by atoms with van der Waals surface area (Å²) in [6.45, 7) is 5.50. The minimum Gasteiger partial charge on any atom is -0.443 e. The molecule has 0 spiro atoms. The third kappa shape index (κ3) is 2.40. The van der Waals surface area contributed by atoms with Gasteiger partial charge in [0.2, 0.25) is 0 Å². The predicted octanol–water partition coefficient (Wildman–Crippen LogP) is 1.37. The van der Waals surface area contributed by atoms with E-state index in [1.165, 1.54) is 0 Å². The van der Waals surface area contributed by atoms with Gasteiger partial charge in [0, 0.05) is 5.56 Å². The van der Waals surface area contributed by atoms with E-state index in [2.05, 4.69) is 0 Å². The molecule has 0 fully saturated rings. The maximum atomic E-state index is 12.0. The van der Waals surface area contributed by atoms with Crippen LogP contribution in [0.4, 0.5) is 4.79 Å². The van der Waals surface area contributed by atoms with Gasteiger partial charge in [0.15, 0.2) is 0 Å². The second-order valence-corrected chi connectivity index (χ2v) is 5.29. The first kappa shape index (κ1) is 12.7. The number of amides is 2. The van der Waals surface area contributed by atoms with Gasteiger partial charge in [0.05, 0.1) is 6.54 Å². The first-order chi connectivity index (χ1) is 8.28. The minimum absolute atomic E-state index is 0.216. The van der Waals surface area contributed by atoms with E-state index in [1.54, 1.807) is 39.0 Å². The molecule has 0 saturated heterocycles. The average molecular weight is 243 g/mol. The standard InChI is InChI=1S/C13H14BNO3/c1-13(2,3)18-12(17)15-7-8-6-9(14)4-5-10(8)11(15)16/h4-6H,7H2,1-3H3. The number of imide groups is 1. The highest BCUT2D eigenvalue weighted by Gasteiger charge is 2.34. The van der Waals surface area contributed by atoms with Gasteiger partial charge < -0.3 is 4.74 Å². The van der Waals surface area contributed by atoms with E-state index < -0.39 is 11.7 Å². The van der Waals surface area contributed by atoms with Gasteiger partial charge in [-0.05, 0) is 32.4 Å². The van der Waals surface area contributed by atoms with Gasteiger partial charge in [-0.15, -0.1) is 0 Å². The Kier molecular flexibility index (Phi) is 2.93. The molecule has 0 bridgehead atoms. The van der Waals surface area contributed by atoms with E-state index >= 15 is 0 Å². The van der Waals surface area contributed by atoms with Crippen LogP contribution in [0.3, 0.4) is 0 Å². The van der Waals surface area contributed by atoms with Crippen LogP contribution in [-0.2, 0) is 11.3 Å². The Hall–Kier alpha value is -1.78. The van der Waals surface area contributed by atoms with Crippen molar-refractivity contribution >= 4 is 25.3 Å². The van der Waals surface area contributed by atoms with Gasteiger partial charge in [-0.2, -0.15) is 0 Å². The molecule has 4 nitrogen and oxygen atoms in total. The Bertz CT molecular complexity index is 519. The lowest BCUT2D eigenvalue weighted by molar-refractivity contribution is 0.0248. The summed E-state index contributed by atoms with van der Waals surface area (Å²) in [6, 6.07) is 4.99. The molecule has 18 heavy (non-hydrogen) atoms. The Morgan fingerprint density at radius 2 is 2.06 bits per heavy atom. The summed E-state index contributed by atoms with van der Waals surface area (Å²) in [4.78, 5) is 25.0. The number of rotatable bonds is 0. The summed E-state index contributed by atoms with van der Waals surface area (Å²) < 4.78 is 5.19. The summed E-state index contributed by atoms with van der Waals surface area (Å²) in [6.07, 6.45) is -0.623. The highest BCUT2D eigenvalue weighted by Crippen LogP contribution is 2.23. The van der Waals surface area contributed by atoms with Crippen LogP contribution < -0.4 is 5.46 Å². The molecular weight excluding hydrogens is 229 g/mol. The molecule has 1 aromatic rings. The molecule has 0 atom stereocenters. The zero-order chi connectivity index (χ0) is 13.5. The van der Waals surface area contributed by atoms with Crippen molar-refractivity contribution in [1.29, 1.82) is 0 Å². The largest absolute Gasteiger partial charge is 0.443 e. The summed E-state index contributed by atoms with van der Waals surface area (Å²) in [5.41, 5.74) is 1.22. The van der Waals surface area contributed by atoms with Crippen molar-refractivity contribution in [2.45, 2.75) is 32.9 Å². The molecule has 0 aromatic heterocycles. The SMILES string of the molecule is [B]c1ccc2c(c1)CN(C(=O)OC(C)(C)C)C2=O. The first-order valence-corrected chi connectivity index (χ1v) is 5.71. The molecule has 0 saturated carbocycles. The maximum Gasteiger partial charge on any atom is 0.417 e. The van der Waals surface area contributed by atoms with Gasteiger partial charge in [0.25, 0.3) is 5.91 Å². The zero-order valence-corrected chi connectivity index (χ0v) is 10.7. The number of carbonyl (C=O) groups excluding carboxylic acids is 2. The van der Waals surface area contributed by atoms with E-state index in [0.29, 0.717) is 11.0 Å². The van der Waals surface area contributed by atoms with Crippen molar-refractivity contribution in [2.24, 2.45) is 0 Å². The molecule has 1 aromatic carbocycles. The van der Waals surface area contributed by atoms with Crippen molar-refractivity contribution in [1.82, 2.24) is 4.90 Å². The van der Waals surface area contributed by atoms with Crippen molar-refractivity contribution in [3.8, 4) is 0 Å². The topological polar surface area (TPSA) is 46.6 Å². The molecule has 2 amide bonds. The second kappa shape index (κ2) is 4.16. The van der Waals surface area contributed by atoms with Crippen molar-refractivity contribution in [3.63, 3.8) is 0 Å². The number of hydrogen-bond donors (Lipinski definition) is 0. The third-order valence-corrected chi connectivity index (χ3v) is 2.55. The van der Waals surface area contributed by atoms with Crippen LogP contribution in [0.15, 0.2) is 18.2 Å². The fraction of sp³-hybridized carbons (Fsp3) is 0.385. The number of ether oxygens (including phenoxy) is 1. The lowest BCUT2D eigenvalue weighted by atomic mass is 9.93. The van der Waals surface area contributed by atoms with Crippen LogP contribution >= 0.6 is 0 Å². The number of nitrogens with zero attached hydrogens (tertiary/aromatic N) is 1. The van der Waals surface area contributed by atoms with Crippen LogP contribution in [0.5, 0.6) is 0 Å². The molecule has 0 N–H and O–H groups in total. The number of hydrogen-bond acceptors (Lipinski definition) is 3. The van der Waals surface area contributed by atoms with Crippen LogP contribution in [0.2, 0.25) is 0 Å². The van der Waals surface area contributed by atoms with Crippen LogP contribution in [0.25, 0.3) is 0 Å². The van der Waals surface area contributed by atoms with Gasteiger partial charge in [-0.25, -0.2) is 9.69 Å². The van der Waals surface area contributed by atoms with E-state index in [4.69, 9.17) is 12.6 Å². The summed E-state index contributed by atoms with van der Waals surface area (Å²) >= 11 is 0. The van der Waals surface area contributed by atoms with E-state index in [1.807, 2.05) is 0 Å². The van der Waals surface area contributed by atoms with Gasteiger partial charge in [0.1, 0.15) is 13.4 Å². The molecule has 92 valence electrons. The predicted molar refractivity (Wildman–Crippen MR) is 67.9 cm³/mol. The molecule has 1 heterocycles. The van der Waals surface area contributed by atoms with E-state index in [-0.39, 0.29) is 12.5 Å². The highest BCUT2D eigenvalue weighted by molar-refractivity contribution is 6.32. The average Bonchev–Trinajstić information content (AvgIpc) is 2.53. The Morgan fingerprint density at radius 3 is 2.67 bits per heavy atom. The number of fused-ring (bicyclic) bond motifs is 1. The fourth-order valence-electron chi connectivity index (χ4n) is 1.81. The second-order valence-electron chi connectivity index (χ2n) is 5.29. The molecule has 2 radical (unpaired) electrons. The third-order valence-electron chi connectivity index (χ3n) is 2.55.